The van der Waals surface area contributed by atoms with Crippen LogP contribution in [-0.4, -0.2) is 46.3 Å². The average molecular weight is 438 g/mol. The van der Waals surface area contributed by atoms with Crippen molar-refractivity contribution in [3.05, 3.63) is 37.5 Å². The lowest BCUT2D eigenvalue weighted by Crippen LogP contribution is -2.17. The molecule has 2 heterocycles. The number of hydrogen-bond donors (Lipinski definition) is 1. The van der Waals surface area contributed by atoms with Gasteiger partial charge in [-0.15, -0.1) is 11.3 Å². The van der Waals surface area contributed by atoms with Crippen LogP contribution in [0.4, 0.5) is 10.7 Å². The Morgan fingerprint density at radius 3 is 2.43 bits per heavy atom. The van der Waals surface area contributed by atoms with E-state index in [4.69, 9.17) is 9.47 Å². The fourth-order valence-electron chi connectivity index (χ4n) is 2.91. The molecule has 0 saturated heterocycles. The van der Waals surface area contributed by atoms with Gasteiger partial charge in [0.15, 0.2) is 0 Å². The van der Waals surface area contributed by atoms with Crippen molar-refractivity contribution < 1.29 is 28.8 Å². The molecule has 0 atom stereocenters. The smallest absolute Gasteiger partial charge is 0.348 e. The number of nitrogens with zero attached hydrogens (tertiary/aromatic N) is 3. The van der Waals surface area contributed by atoms with E-state index in [0.717, 1.165) is 11.3 Å². The monoisotopic (exact) mass is 438 g/mol. The Bertz CT molecular complexity index is 1010. The van der Waals surface area contributed by atoms with E-state index in [9.17, 15) is 24.5 Å². The maximum Gasteiger partial charge on any atom is 0.348 e. The summed E-state index contributed by atoms with van der Waals surface area (Å²) < 4.78 is 11.1. The Morgan fingerprint density at radius 1 is 1.23 bits per heavy atom. The van der Waals surface area contributed by atoms with E-state index < -0.39 is 22.8 Å². The first-order chi connectivity index (χ1) is 14.1. The molecule has 0 unspecified atom stereocenters. The zero-order chi connectivity index (χ0) is 22.6. The van der Waals surface area contributed by atoms with E-state index in [0.29, 0.717) is 11.3 Å². The van der Waals surface area contributed by atoms with Crippen LogP contribution in [0, 0.1) is 30.9 Å². The first kappa shape index (κ1) is 23.0. The highest BCUT2D eigenvalue weighted by Gasteiger charge is 2.27. The molecule has 1 N–H and O–H groups in total. The number of amides is 1. The zero-order valence-electron chi connectivity index (χ0n) is 17.2. The Kier molecular flexibility index (Phi) is 7.27. The first-order valence-electron chi connectivity index (χ1n) is 8.99. The van der Waals surface area contributed by atoms with Gasteiger partial charge in [-0.1, -0.05) is 0 Å². The Morgan fingerprint density at radius 2 is 1.90 bits per heavy atom. The van der Waals surface area contributed by atoms with Gasteiger partial charge in [-0.2, -0.15) is 5.10 Å². The molecule has 0 aliphatic heterocycles. The van der Waals surface area contributed by atoms with Crippen LogP contribution < -0.4 is 5.32 Å². The van der Waals surface area contributed by atoms with Gasteiger partial charge in [0.05, 0.1) is 30.7 Å². The van der Waals surface area contributed by atoms with Crippen molar-refractivity contribution in [1.82, 2.24) is 9.78 Å². The van der Waals surface area contributed by atoms with Crippen LogP contribution in [-0.2, 0) is 20.8 Å². The molecule has 0 spiro atoms. The number of aryl methyl sites for hydroxylation is 2. The number of anilines is 1. The molecular weight excluding hydrogens is 416 g/mol. The number of methoxy groups -OCH3 is 1. The molecule has 12 heteroatoms. The largest absolute Gasteiger partial charge is 0.465 e. The van der Waals surface area contributed by atoms with Gasteiger partial charge in [-0.3, -0.25) is 19.6 Å². The quantitative estimate of drug-likeness (QED) is 0.376. The minimum Gasteiger partial charge on any atom is -0.465 e. The Hall–Kier alpha value is -3.28. The molecule has 2 aromatic heterocycles. The standard InChI is InChI=1S/C18H22N4O7S/c1-6-29-18(25)15-9(2)13(17(24)28-5)16(30-15)19-12(23)7-8-21-11(4)14(22(26)27)10(3)20-21/h6-8H2,1-5H3,(H,19,23). The minimum atomic E-state index is -0.691. The van der Waals surface area contributed by atoms with Crippen molar-refractivity contribution in [2.24, 2.45) is 0 Å². The van der Waals surface area contributed by atoms with Crippen LogP contribution in [0.2, 0.25) is 0 Å². The average Bonchev–Trinajstić information content (AvgIpc) is 3.15. The van der Waals surface area contributed by atoms with E-state index in [1.165, 1.54) is 18.7 Å². The second-order valence-electron chi connectivity index (χ2n) is 6.27. The normalized spacial score (nSPS) is 10.6. The van der Waals surface area contributed by atoms with Gasteiger partial charge in [-0.05, 0) is 33.3 Å². The van der Waals surface area contributed by atoms with Gasteiger partial charge in [0.1, 0.15) is 21.3 Å². The number of carbonyl (C=O) groups excluding carboxylic acids is 3. The maximum absolute atomic E-state index is 12.5. The lowest BCUT2D eigenvalue weighted by molar-refractivity contribution is -0.386. The van der Waals surface area contributed by atoms with E-state index in [1.54, 1.807) is 20.8 Å². The van der Waals surface area contributed by atoms with Crippen LogP contribution in [0.25, 0.3) is 0 Å². The van der Waals surface area contributed by atoms with Gasteiger partial charge in [0.25, 0.3) is 0 Å². The molecule has 2 aromatic rings. The molecule has 0 saturated carbocycles. The number of carbonyl (C=O) groups is 3. The lowest BCUT2D eigenvalue weighted by atomic mass is 10.1. The number of ether oxygens (including phenoxy) is 2. The predicted molar refractivity (Wildman–Crippen MR) is 108 cm³/mol. The number of esters is 2. The fourth-order valence-corrected chi connectivity index (χ4v) is 4.01. The molecule has 0 fully saturated rings. The second-order valence-corrected chi connectivity index (χ2v) is 7.29. The number of nitrogens with one attached hydrogen (secondary N) is 1. The number of rotatable bonds is 8. The third kappa shape index (κ3) is 4.64. The fraction of sp³-hybridized carbons (Fsp3) is 0.444. The second kappa shape index (κ2) is 9.48. The summed E-state index contributed by atoms with van der Waals surface area (Å²) in [5.74, 6) is -1.74. The molecule has 0 aliphatic rings. The summed E-state index contributed by atoms with van der Waals surface area (Å²) in [5, 5.41) is 18.0. The van der Waals surface area contributed by atoms with E-state index in [1.807, 2.05) is 0 Å². The highest BCUT2D eigenvalue weighted by atomic mass is 32.1. The van der Waals surface area contributed by atoms with Crippen molar-refractivity contribution in [2.45, 2.75) is 40.7 Å². The van der Waals surface area contributed by atoms with Gasteiger partial charge in [-0.25, -0.2) is 9.59 Å². The maximum atomic E-state index is 12.5. The first-order valence-corrected chi connectivity index (χ1v) is 9.81. The molecule has 1 amide bonds. The molecule has 0 aromatic carbocycles. The summed E-state index contributed by atoms with van der Waals surface area (Å²) in [5.41, 5.74) is 0.961. The van der Waals surface area contributed by atoms with Crippen LogP contribution >= 0.6 is 11.3 Å². The third-order valence-corrected chi connectivity index (χ3v) is 5.51. The SMILES string of the molecule is CCOC(=O)c1sc(NC(=O)CCn2nc(C)c([N+](=O)[O-])c2C)c(C(=O)OC)c1C. The number of nitro groups is 1. The van der Waals surface area contributed by atoms with Crippen LogP contribution in [0.5, 0.6) is 0 Å². The van der Waals surface area contributed by atoms with Crippen molar-refractivity contribution in [1.29, 1.82) is 0 Å². The van der Waals surface area contributed by atoms with E-state index in [2.05, 4.69) is 10.4 Å². The number of aromatic nitrogens is 2. The van der Waals surface area contributed by atoms with Crippen LogP contribution in [0.15, 0.2) is 0 Å². The van der Waals surface area contributed by atoms with E-state index in [-0.39, 0.29) is 46.4 Å². The van der Waals surface area contributed by atoms with Crippen LogP contribution in [0.1, 0.15) is 50.3 Å². The lowest BCUT2D eigenvalue weighted by Gasteiger charge is -2.07. The Labute approximate surface area is 176 Å². The van der Waals surface area contributed by atoms with Gasteiger partial charge in [0, 0.05) is 6.42 Å². The minimum absolute atomic E-state index is 0.0502. The third-order valence-electron chi connectivity index (χ3n) is 4.33. The van der Waals surface area contributed by atoms with Crippen molar-refractivity contribution in [2.75, 3.05) is 19.0 Å². The molecular formula is C18H22N4O7S. The van der Waals surface area contributed by atoms with E-state index >= 15 is 0 Å². The highest BCUT2D eigenvalue weighted by molar-refractivity contribution is 7.18. The zero-order valence-corrected chi connectivity index (χ0v) is 18.0. The summed E-state index contributed by atoms with van der Waals surface area (Å²) in [6, 6.07) is 0. The molecule has 11 nitrogen and oxygen atoms in total. The van der Waals surface area contributed by atoms with Crippen molar-refractivity contribution in [3.8, 4) is 0 Å². The summed E-state index contributed by atoms with van der Waals surface area (Å²) in [6.45, 7) is 6.58. The summed E-state index contributed by atoms with van der Waals surface area (Å²) >= 11 is 0.922. The van der Waals surface area contributed by atoms with Crippen molar-refractivity contribution >= 4 is 39.9 Å². The molecule has 0 bridgehead atoms. The molecule has 0 radical (unpaired) electrons. The summed E-state index contributed by atoms with van der Waals surface area (Å²) in [4.78, 5) is 47.5. The van der Waals surface area contributed by atoms with Crippen molar-refractivity contribution in [3.63, 3.8) is 0 Å². The summed E-state index contributed by atoms with van der Waals surface area (Å²) in [7, 11) is 1.20. The number of hydrogen-bond acceptors (Lipinski definition) is 9. The van der Waals surface area contributed by atoms with Gasteiger partial charge >= 0.3 is 17.6 Å². The molecule has 30 heavy (non-hydrogen) atoms. The van der Waals surface area contributed by atoms with Gasteiger partial charge in [0.2, 0.25) is 5.91 Å². The molecule has 162 valence electrons. The Balaban J connectivity index is 2.21. The number of thiophene rings is 1. The van der Waals surface area contributed by atoms with Crippen LogP contribution in [0.3, 0.4) is 0 Å². The van der Waals surface area contributed by atoms with Gasteiger partial charge < -0.3 is 14.8 Å². The molecule has 0 aliphatic carbocycles. The topological polar surface area (TPSA) is 143 Å². The highest BCUT2D eigenvalue weighted by Crippen LogP contribution is 2.34. The summed E-state index contributed by atoms with van der Waals surface area (Å²) in [6.07, 6.45) is -0.0502. The predicted octanol–water partition coefficient (Wildman–Crippen LogP) is 2.77. The molecule has 2 rings (SSSR count).